The molecule has 2 aromatic rings. The summed E-state index contributed by atoms with van der Waals surface area (Å²) >= 11 is 0. The summed E-state index contributed by atoms with van der Waals surface area (Å²) in [5.74, 6) is 1.64. The molecule has 1 aromatic carbocycles. The maximum Gasteiger partial charge on any atom is 0.159 e. The van der Waals surface area contributed by atoms with Gasteiger partial charge in [-0.3, -0.25) is 0 Å². The molecule has 1 N–H and O–H groups in total. The highest BCUT2D eigenvalue weighted by Gasteiger charge is 2.17. The highest BCUT2D eigenvalue weighted by molar-refractivity contribution is 5.58. The normalized spacial score (nSPS) is 13.4. The molecule has 0 fully saturated rings. The predicted molar refractivity (Wildman–Crippen MR) is 73.9 cm³/mol. The first-order valence-electron chi connectivity index (χ1n) is 6.58. The Morgan fingerprint density at radius 1 is 1.26 bits per heavy atom. The van der Waals surface area contributed by atoms with E-state index in [1.54, 1.807) is 0 Å². The molecular formula is C15H17N3O. The van der Waals surface area contributed by atoms with E-state index in [4.69, 9.17) is 4.74 Å². The molecule has 98 valence electrons. The highest BCUT2D eigenvalue weighted by Crippen LogP contribution is 2.24. The summed E-state index contributed by atoms with van der Waals surface area (Å²) < 4.78 is 5.52. The van der Waals surface area contributed by atoms with Crippen LogP contribution in [-0.2, 0) is 13.1 Å². The van der Waals surface area contributed by atoms with E-state index in [9.17, 15) is 0 Å². The summed E-state index contributed by atoms with van der Waals surface area (Å²) in [6.45, 7) is 6.40. The molecule has 4 heteroatoms. The van der Waals surface area contributed by atoms with Crippen molar-refractivity contribution in [1.82, 2.24) is 15.3 Å². The second-order valence-corrected chi connectivity index (χ2v) is 4.62. The summed E-state index contributed by atoms with van der Waals surface area (Å²) in [6.07, 6.45) is 0. The molecular weight excluding hydrogens is 238 g/mol. The van der Waals surface area contributed by atoms with Gasteiger partial charge in [0.25, 0.3) is 0 Å². The number of nitrogens with zero attached hydrogens (tertiary/aromatic N) is 2. The number of hydrogen-bond donors (Lipinski definition) is 1. The van der Waals surface area contributed by atoms with Gasteiger partial charge in [-0.25, -0.2) is 9.97 Å². The average molecular weight is 255 g/mol. The topological polar surface area (TPSA) is 47.0 Å². The molecule has 0 spiro atoms. The summed E-state index contributed by atoms with van der Waals surface area (Å²) in [5, 5.41) is 3.31. The lowest BCUT2D eigenvalue weighted by molar-refractivity contribution is 0.340. The van der Waals surface area contributed by atoms with Gasteiger partial charge >= 0.3 is 0 Å². The van der Waals surface area contributed by atoms with Crippen molar-refractivity contribution >= 4 is 0 Å². The molecule has 1 aliphatic heterocycles. The van der Waals surface area contributed by atoms with E-state index >= 15 is 0 Å². The van der Waals surface area contributed by atoms with Crippen LogP contribution in [0.15, 0.2) is 24.3 Å². The van der Waals surface area contributed by atoms with Crippen molar-refractivity contribution < 1.29 is 4.74 Å². The summed E-state index contributed by atoms with van der Waals surface area (Å²) in [6, 6.07) is 7.94. The lowest BCUT2D eigenvalue weighted by Gasteiger charge is -2.08. The smallest absolute Gasteiger partial charge is 0.159 e. The number of fused-ring (bicyclic) bond motifs is 1. The average Bonchev–Trinajstić information content (AvgIpc) is 2.88. The van der Waals surface area contributed by atoms with E-state index in [0.717, 1.165) is 41.6 Å². The molecule has 0 saturated heterocycles. The fourth-order valence-electron chi connectivity index (χ4n) is 2.36. The first-order valence-corrected chi connectivity index (χ1v) is 6.58. The number of ether oxygens (including phenoxy) is 1. The molecule has 2 heterocycles. The van der Waals surface area contributed by atoms with Gasteiger partial charge in [0.15, 0.2) is 5.82 Å². The van der Waals surface area contributed by atoms with Crippen LogP contribution in [0.1, 0.15) is 23.9 Å². The van der Waals surface area contributed by atoms with Crippen LogP contribution in [0.3, 0.4) is 0 Å². The molecule has 0 bridgehead atoms. The monoisotopic (exact) mass is 255 g/mol. The second-order valence-electron chi connectivity index (χ2n) is 4.62. The predicted octanol–water partition coefficient (Wildman–Crippen LogP) is 2.45. The highest BCUT2D eigenvalue weighted by atomic mass is 16.5. The fraction of sp³-hybridized carbons (Fsp3) is 0.333. The summed E-state index contributed by atoms with van der Waals surface area (Å²) in [5.41, 5.74) is 4.42. The van der Waals surface area contributed by atoms with Gasteiger partial charge in [-0.1, -0.05) is 12.1 Å². The van der Waals surface area contributed by atoms with Crippen LogP contribution in [0.5, 0.6) is 5.75 Å². The molecule has 0 aliphatic carbocycles. The van der Waals surface area contributed by atoms with Gasteiger partial charge in [0, 0.05) is 29.9 Å². The lowest BCUT2D eigenvalue weighted by atomic mass is 10.1. The minimum Gasteiger partial charge on any atom is -0.494 e. The zero-order chi connectivity index (χ0) is 13.2. The molecule has 19 heavy (non-hydrogen) atoms. The lowest BCUT2D eigenvalue weighted by Crippen LogP contribution is -2.00. The Balaban J connectivity index is 2.02. The maximum atomic E-state index is 5.52. The van der Waals surface area contributed by atoms with Gasteiger partial charge in [0.2, 0.25) is 0 Å². The van der Waals surface area contributed by atoms with E-state index in [2.05, 4.69) is 15.3 Å². The number of rotatable bonds is 3. The zero-order valence-corrected chi connectivity index (χ0v) is 11.2. The molecule has 1 aromatic heterocycles. The van der Waals surface area contributed by atoms with E-state index in [-0.39, 0.29) is 0 Å². The van der Waals surface area contributed by atoms with Crippen LogP contribution in [-0.4, -0.2) is 16.6 Å². The maximum absolute atomic E-state index is 5.52. The molecule has 0 saturated carbocycles. The molecule has 1 aliphatic rings. The Morgan fingerprint density at radius 3 is 3.00 bits per heavy atom. The van der Waals surface area contributed by atoms with Crippen molar-refractivity contribution in [2.45, 2.75) is 26.9 Å². The molecule has 0 amide bonds. The van der Waals surface area contributed by atoms with E-state index < -0.39 is 0 Å². The van der Waals surface area contributed by atoms with Gasteiger partial charge in [0.1, 0.15) is 5.75 Å². The number of nitrogens with one attached hydrogen (secondary N) is 1. The molecule has 0 unspecified atom stereocenters. The van der Waals surface area contributed by atoms with Crippen LogP contribution < -0.4 is 10.1 Å². The third-order valence-corrected chi connectivity index (χ3v) is 3.30. The minimum atomic E-state index is 0.664. The van der Waals surface area contributed by atoms with Crippen LogP contribution in [0.25, 0.3) is 11.4 Å². The van der Waals surface area contributed by atoms with Gasteiger partial charge in [-0.15, -0.1) is 0 Å². The van der Waals surface area contributed by atoms with Crippen molar-refractivity contribution in [3.8, 4) is 17.1 Å². The van der Waals surface area contributed by atoms with Crippen LogP contribution in [0.4, 0.5) is 0 Å². The largest absolute Gasteiger partial charge is 0.494 e. The molecule has 3 rings (SSSR count). The van der Waals surface area contributed by atoms with Gasteiger partial charge in [-0.05, 0) is 26.0 Å². The fourth-order valence-corrected chi connectivity index (χ4v) is 2.36. The van der Waals surface area contributed by atoms with E-state index in [1.165, 1.54) is 5.56 Å². The standard InChI is InChI=1S/C15H17N3O/c1-3-19-12-6-4-5-11(7-12)15-17-10(2)13-8-16-9-14(13)18-15/h4-7,16H,3,8-9H2,1-2H3. The minimum absolute atomic E-state index is 0.664. The van der Waals surface area contributed by atoms with Gasteiger partial charge in [-0.2, -0.15) is 0 Å². The summed E-state index contributed by atoms with van der Waals surface area (Å²) in [7, 11) is 0. The first kappa shape index (κ1) is 12.1. The number of aromatic nitrogens is 2. The Hall–Kier alpha value is -1.94. The Kier molecular flexibility index (Phi) is 3.17. The second kappa shape index (κ2) is 4.97. The van der Waals surface area contributed by atoms with Crippen LogP contribution in [0, 0.1) is 6.92 Å². The van der Waals surface area contributed by atoms with E-state index in [1.807, 2.05) is 38.1 Å². The third-order valence-electron chi connectivity index (χ3n) is 3.30. The van der Waals surface area contributed by atoms with Crippen molar-refractivity contribution in [3.05, 3.63) is 41.2 Å². The van der Waals surface area contributed by atoms with Crippen molar-refractivity contribution in [3.63, 3.8) is 0 Å². The number of benzene rings is 1. The van der Waals surface area contributed by atoms with Crippen molar-refractivity contribution in [1.29, 1.82) is 0 Å². The van der Waals surface area contributed by atoms with Gasteiger partial charge < -0.3 is 10.1 Å². The van der Waals surface area contributed by atoms with Gasteiger partial charge in [0.05, 0.1) is 12.3 Å². The first-order chi connectivity index (χ1) is 9.28. The van der Waals surface area contributed by atoms with Crippen LogP contribution in [0.2, 0.25) is 0 Å². The van der Waals surface area contributed by atoms with Crippen molar-refractivity contribution in [2.24, 2.45) is 0 Å². The molecule has 0 radical (unpaired) electrons. The summed E-state index contributed by atoms with van der Waals surface area (Å²) in [4.78, 5) is 9.27. The van der Waals surface area contributed by atoms with Crippen LogP contribution >= 0.6 is 0 Å². The Morgan fingerprint density at radius 2 is 2.16 bits per heavy atom. The SMILES string of the molecule is CCOc1cccc(-c2nc(C)c3c(n2)CNC3)c1. The molecule has 4 nitrogen and oxygen atoms in total. The third kappa shape index (κ3) is 2.31. The Bertz CT molecular complexity index is 610. The Labute approximate surface area is 112 Å². The molecule has 0 atom stereocenters. The zero-order valence-electron chi connectivity index (χ0n) is 11.2. The quantitative estimate of drug-likeness (QED) is 0.915. The number of aryl methyl sites for hydroxylation is 1. The number of hydrogen-bond acceptors (Lipinski definition) is 4. The van der Waals surface area contributed by atoms with Crippen molar-refractivity contribution in [2.75, 3.05) is 6.61 Å². The van der Waals surface area contributed by atoms with E-state index in [0.29, 0.717) is 6.61 Å².